The lowest BCUT2D eigenvalue weighted by Crippen LogP contribution is -2.23. The zero-order chi connectivity index (χ0) is 14.8. The van der Waals surface area contributed by atoms with E-state index in [1.807, 2.05) is 6.07 Å². The van der Waals surface area contributed by atoms with Gasteiger partial charge in [-0.1, -0.05) is 24.3 Å². The number of aliphatic hydroxyl groups excluding tert-OH is 1. The van der Waals surface area contributed by atoms with Crippen molar-refractivity contribution in [3.05, 3.63) is 71.1 Å². The van der Waals surface area contributed by atoms with Crippen LogP contribution < -0.4 is 0 Å². The van der Waals surface area contributed by atoms with Crippen LogP contribution in [0, 0.1) is 0 Å². The number of aliphatic hydroxyl groups is 1. The van der Waals surface area contributed by atoms with Crippen LogP contribution in [-0.4, -0.2) is 21.7 Å². The Morgan fingerprint density at radius 3 is 2.62 bits per heavy atom. The number of nitrogens with zero attached hydrogens (tertiary/aromatic N) is 1. The predicted octanol–water partition coefficient (Wildman–Crippen LogP) is 2.29. The first kappa shape index (κ1) is 13.2. The number of fused-ring (bicyclic) bond motifs is 1. The third-order valence-electron chi connectivity index (χ3n) is 3.53. The van der Waals surface area contributed by atoms with Gasteiger partial charge >= 0.3 is 0 Å². The molecule has 21 heavy (non-hydrogen) atoms. The summed E-state index contributed by atoms with van der Waals surface area (Å²) >= 11 is 0. The van der Waals surface area contributed by atoms with Crippen LogP contribution in [0.4, 0.5) is 0 Å². The van der Waals surface area contributed by atoms with E-state index in [4.69, 9.17) is 0 Å². The van der Waals surface area contributed by atoms with E-state index in [9.17, 15) is 14.7 Å². The zero-order valence-corrected chi connectivity index (χ0v) is 11.2. The molecule has 1 N–H and O–H groups in total. The molecule has 2 aromatic rings. The topological polar surface area (TPSA) is 67.3 Å². The smallest absolute Gasteiger partial charge is 0.174 e. The average Bonchev–Trinajstić information content (AvgIpc) is 2.48. The first-order chi connectivity index (χ1) is 10.2. The summed E-state index contributed by atoms with van der Waals surface area (Å²) in [6, 6.07) is 10.5. The maximum Gasteiger partial charge on any atom is 0.174 e. The van der Waals surface area contributed by atoms with Gasteiger partial charge < -0.3 is 5.11 Å². The van der Waals surface area contributed by atoms with Crippen molar-refractivity contribution in [2.75, 3.05) is 0 Å². The number of aromatic nitrogens is 1. The number of rotatable bonds is 3. The molecular formula is C17H13NO3. The fourth-order valence-electron chi connectivity index (χ4n) is 2.50. The molecule has 1 aliphatic carbocycles. The second kappa shape index (κ2) is 5.32. The van der Waals surface area contributed by atoms with E-state index in [1.165, 1.54) is 0 Å². The molecule has 0 fully saturated rings. The van der Waals surface area contributed by atoms with Gasteiger partial charge in [0.2, 0.25) is 0 Å². The molecule has 4 nitrogen and oxygen atoms in total. The van der Waals surface area contributed by atoms with Crippen LogP contribution in [-0.2, 0) is 22.4 Å². The molecule has 4 heteroatoms. The van der Waals surface area contributed by atoms with Gasteiger partial charge in [-0.3, -0.25) is 14.6 Å². The number of allylic oxidation sites excluding steroid dienone is 1. The second-order valence-corrected chi connectivity index (χ2v) is 4.94. The summed E-state index contributed by atoms with van der Waals surface area (Å²) in [7, 11) is 0. The van der Waals surface area contributed by atoms with E-state index in [-0.39, 0.29) is 35.7 Å². The molecule has 0 saturated carbocycles. The van der Waals surface area contributed by atoms with Crippen molar-refractivity contribution in [2.24, 2.45) is 0 Å². The highest BCUT2D eigenvalue weighted by Crippen LogP contribution is 2.28. The molecule has 3 rings (SSSR count). The van der Waals surface area contributed by atoms with E-state index in [0.29, 0.717) is 5.56 Å². The summed E-state index contributed by atoms with van der Waals surface area (Å²) in [5.41, 5.74) is 1.99. The molecule has 104 valence electrons. The standard InChI is InChI=1S/C17H13NO3/c19-14(9-11-5-7-18-8-6-11)16-15(20)10-12-3-1-2-4-13(12)17(16)21/h1-8,21H,9-10H2. The number of ketones is 2. The monoisotopic (exact) mass is 279 g/mol. The largest absolute Gasteiger partial charge is 0.506 e. The molecular weight excluding hydrogens is 266 g/mol. The van der Waals surface area contributed by atoms with E-state index in [0.717, 1.165) is 11.1 Å². The van der Waals surface area contributed by atoms with Crippen LogP contribution in [0.25, 0.3) is 5.76 Å². The van der Waals surface area contributed by atoms with Gasteiger partial charge in [-0.2, -0.15) is 0 Å². The Morgan fingerprint density at radius 1 is 1.14 bits per heavy atom. The number of benzene rings is 1. The van der Waals surface area contributed by atoms with E-state index in [1.54, 1.807) is 42.7 Å². The van der Waals surface area contributed by atoms with Gasteiger partial charge in [-0.15, -0.1) is 0 Å². The Bertz CT molecular complexity index is 748. The zero-order valence-electron chi connectivity index (χ0n) is 11.2. The lowest BCUT2D eigenvalue weighted by atomic mass is 9.86. The maximum absolute atomic E-state index is 12.3. The molecule has 0 bridgehead atoms. The van der Waals surface area contributed by atoms with Gasteiger partial charge in [-0.25, -0.2) is 0 Å². The van der Waals surface area contributed by atoms with Crippen molar-refractivity contribution < 1.29 is 14.7 Å². The maximum atomic E-state index is 12.3. The Hall–Kier alpha value is -2.75. The summed E-state index contributed by atoms with van der Waals surface area (Å²) in [5, 5.41) is 10.3. The quantitative estimate of drug-likeness (QED) is 0.875. The molecule has 1 aromatic carbocycles. The number of Topliss-reactive ketones (excluding diaryl/α,β-unsaturated/α-hetero) is 2. The fourth-order valence-corrected chi connectivity index (χ4v) is 2.50. The molecule has 0 aliphatic heterocycles. The Labute approximate surface area is 121 Å². The molecule has 0 spiro atoms. The summed E-state index contributed by atoms with van der Waals surface area (Å²) in [6.45, 7) is 0. The Balaban J connectivity index is 1.97. The summed E-state index contributed by atoms with van der Waals surface area (Å²) < 4.78 is 0. The number of carbonyl (C=O) groups is 2. The predicted molar refractivity (Wildman–Crippen MR) is 77.6 cm³/mol. The number of hydrogen-bond donors (Lipinski definition) is 1. The molecule has 0 unspecified atom stereocenters. The second-order valence-electron chi connectivity index (χ2n) is 4.94. The highest BCUT2D eigenvalue weighted by Gasteiger charge is 2.29. The molecule has 1 heterocycles. The summed E-state index contributed by atoms with van der Waals surface area (Å²) in [6.07, 6.45) is 3.41. The minimum absolute atomic E-state index is 0.0792. The minimum atomic E-state index is -0.363. The van der Waals surface area contributed by atoms with E-state index in [2.05, 4.69) is 4.98 Å². The molecule has 0 atom stereocenters. The number of carbonyl (C=O) groups excluding carboxylic acids is 2. The van der Waals surface area contributed by atoms with Crippen molar-refractivity contribution in [1.29, 1.82) is 0 Å². The summed E-state index contributed by atoms with van der Waals surface area (Å²) in [4.78, 5) is 28.4. The van der Waals surface area contributed by atoms with Crippen LogP contribution in [0.5, 0.6) is 0 Å². The molecule has 0 saturated heterocycles. The molecule has 1 aliphatic rings. The van der Waals surface area contributed by atoms with Crippen molar-refractivity contribution in [2.45, 2.75) is 12.8 Å². The molecule has 0 radical (unpaired) electrons. The first-order valence-electron chi connectivity index (χ1n) is 6.63. The lowest BCUT2D eigenvalue weighted by Gasteiger charge is -2.17. The van der Waals surface area contributed by atoms with Crippen LogP contribution in [0.1, 0.15) is 16.7 Å². The van der Waals surface area contributed by atoms with Gasteiger partial charge in [-0.05, 0) is 23.3 Å². The van der Waals surface area contributed by atoms with Gasteiger partial charge in [0.05, 0.1) is 0 Å². The van der Waals surface area contributed by atoms with Crippen molar-refractivity contribution in [3.8, 4) is 0 Å². The van der Waals surface area contributed by atoms with Crippen LogP contribution >= 0.6 is 0 Å². The van der Waals surface area contributed by atoms with E-state index < -0.39 is 0 Å². The van der Waals surface area contributed by atoms with Gasteiger partial charge in [0, 0.05) is 30.8 Å². The average molecular weight is 279 g/mol. The number of pyridine rings is 1. The van der Waals surface area contributed by atoms with Crippen LogP contribution in [0.15, 0.2) is 54.4 Å². The third-order valence-corrected chi connectivity index (χ3v) is 3.53. The van der Waals surface area contributed by atoms with E-state index >= 15 is 0 Å². The Morgan fingerprint density at radius 2 is 1.86 bits per heavy atom. The highest BCUT2D eigenvalue weighted by atomic mass is 16.3. The van der Waals surface area contributed by atoms with Crippen molar-refractivity contribution in [3.63, 3.8) is 0 Å². The fraction of sp³-hybridized carbons (Fsp3) is 0.118. The SMILES string of the molecule is O=C(Cc1ccncc1)C1=C(O)c2ccccc2CC1=O. The minimum Gasteiger partial charge on any atom is -0.506 e. The third kappa shape index (κ3) is 2.48. The van der Waals surface area contributed by atoms with Gasteiger partial charge in [0.15, 0.2) is 11.6 Å². The van der Waals surface area contributed by atoms with Crippen molar-refractivity contribution >= 4 is 17.3 Å². The van der Waals surface area contributed by atoms with Crippen LogP contribution in [0.3, 0.4) is 0 Å². The lowest BCUT2D eigenvalue weighted by molar-refractivity contribution is -0.120. The van der Waals surface area contributed by atoms with Crippen LogP contribution in [0.2, 0.25) is 0 Å². The first-order valence-corrected chi connectivity index (χ1v) is 6.63. The Kier molecular flexibility index (Phi) is 3.36. The molecule has 1 aromatic heterocycles. The highest BCUT2D eigenvalue weighted by molar-refractivity contribution is 6.26. The molecule has 0 amide bonds. The number of hydrogen-bond acceptors (Lipinski definition) is 4. The van der Waals surface area contributed by atoms with Gasteiger partial charge in [0.1, 0.15) is 11.3 Å². The van der Waals surface area contributed by atoms with Crippen molar-refractivity contribution in [1.82, 2.24) is 4.98 Å². The summed E-state index contributed by atoms with van der Waals surface area (Å²) in [5.74, 6) is -0.899. The van der Waals surface area contributed by atoms with Gasteiger partial charge in [0.25, 0.3) is 0 Å². The normalized spacial score (nSPS) is 14.0.